The molecule has 0 unspecified atom stereocenters. The summed E-state index contributed by atoms with van der Waals surface area (Å²) in [5, 5.41) is 2.58. The molecule has 0 N–H and O–H groups in total. The molecule has 0 radical (unpaired) electrons. The first kappa shape index (κ1) is 37.3. The summed E-state index contributed by atoms with van der Waals surface area (Å²) < 4.78 is 5.09. The lowest BCUT2D eigenvalue weighted by molar-refractivity contribution is 1.19. The van der Waals surface area contributed by atoms with E-state index in [-0.39, 0.29) is 0 Å². The van der Waals surface area contributed by atoms with Crippen LogP contribution in [0.15, 0.2) is 121 Å². The standard InChI is InChI=1S/C44H40B10N2S/c45-31-30(32(46)34(48)35(49)33(31)47)21-16-18-24(19-17-21)55(42-39(53)37(51)36(50)38(52)40(42)54)25-11-6-8-22(20-25)26-13-7-14-28-41-44(57-43(26)28)27-12-4-5-15-29(27)56(41)23-9-2-1-3-10-23/h1-20H,45-54H2. The van der Waals surface area contributed by atoms with E-state index >= 15 is 0 Å². The van der Waals surface area contributed by atoms with Crippen LogP contribution in [0.1, 0.15) is 0 Å². The summed E-state index contributed by atoms with van der Waals surface area (Å²) in [6, 6.07) is 45.0. The molecular formula is C44H40B10N2S. The highest BCUT2D eigenvalue weighted by Crippen LogP contribution is 2.46. The molecule has 0 saturated heterocycles. The Kier molecular flexibility index (Phi) is 9.36. The van der Waals surface area contributed by atoms with Gasteiger partial charge in [-0.1, -0.05) is 112 Å². The summed E-state index contributed by atoms with van der Waals surface area (Å²) in [7, 11) is 22.8. The molecule has 0 atom stereocenters. The predicted molar refractivity (Wildman–Crippen MR) is 283 cm³/mol. The molecule has 0 aliphatic heterocycles. The van der Waals surface area contributed by atoms with E-state index in [1.807, 2.05) is 11.3 Å². The van der Waals surface area contributed by atoms with Gasteiger partial charge in [-0.3, -0.25) is 0 Å². The number of thiophene rings is 1. The summed E-state index contributed by atoms with van der Waals surface area (Å²) in [5.41, 5.74) is 26.0. The average Bonchev–Trinajstić information content (AvgIpc) is 3.78. The Morgan fingerprint density at radius 1 is 0.421 bits per heavy atom. The van der Waals surface area contributed by atoms with Crippen LogP contribution >= 0.6 is 11.3 Å². The first-order valence-corrected chi connectivity index (χ1v) is 20.9. The molecule has 9 aromatic rings. The molecule has 0 saturated carbocycles. The molecule has 57 heavy (non-hydrogen) atoms. The van der Waals surface area contributed by atoms with Crippen LogP contribution in [-0.2, 0) is 0 Å². The fourth-order valence-corrected chi connectivity index (χ4v) is 10.7. The second-order valence-corrected chi connectivity index (χ2v) is 17.1. The number of hydrogen-bond acceptors (Lipinski definition) is 2. The Morgan fingerprint density at radius 3 is 1.65 bits per heavy atom. The van der Waals surface area contributed by atoms with Crippen molar-refractivity contribution in [2.75, 3.05) is 4.90 Å². The molecule has 0 aliphatic rings. The van der Waals surface area contributed by atoms with Crippen molar-refractivity contribution in [1.82, 2.24) is 4.57 Å². The van der Waals surface area contributed by atoms with Gasteiger partial charge in [0.25, 0.3) is 0 Å². The zero-order valence-corrected chi connectivity index (χ0v) is 35.7. The minimum atomic E-state index is 1.15. The molecule has 7 aromatic carbocycles. The minimum Gasteiger partial charge on any atom is -0.312 e. The largest absolute Gasteiger partial charge is 0.312 e. The Morgan fingerprint density at radius 2 is 0.982 bits per heavy atom. The van der Waals surface area contributed by atoms with Gasteiger partial charge in [-0.25, -0.2) is 0 Å². The first-order valence-electron chi connectivity index (χ1n) is 20.1. The molecular weight excluding hydrogens is 697 g/mol. The van der Waals surface area contributed by atoms with E-state index in [1.54, 1.807) is 0 Å². The normalized spacial score (nSPS) is 11.5. The number of para-hydroxylation sites is 2. The molecule has 2 aromatic heterocycles. The van der Waals surface area contributed by atoms with Gasteiger partial charge in [-0.2, -0.15) is 0 Å². The van der Waals surface area contributed by atoms with E-state index < -0.39 is 0 Å². The van der Waals surface area contributed by atoms with Crippen molar-refractivity contribution in [2.24, 2.45) is 0 Å². The van der Waals surface area contributed by atoms with Crippen LogP contribution in [0.3, 0.4) is 0 Å². The molecule has 9 rings (SSSR count). The zero-order chi connectivity index (χ0) is 39.9. The van der Waals surface area contributed by atoms with E-state index in [1.165, 1.54) is 119 Å². The maximum absolute atomic E-state index is 2.50. The fraction of sp³-hybridized carbons (Fsp3) is 0. The third kappa shape index (κ3) is 5.84. The summed E-state index contributed by atoms with van der Waals surface area (Å²) in [4.78, 5) is 2.50. The van der Waals surface area contributed by atoms with Gasteiger partial charge in [-0.05, 0) is 64.7 Å². The maximum atomic E-state index is 2.50. The number of benzene rings is 7. The Hall–Kier alpha value is -5.25. The van der Waals surface area contributed by atoms with Crippen molar-refractivity contribution in [1.29, 1.82) is 0 Å². The van der Waals surface area contributed by atoms with Gasteiger partial charge in [-0.15, -0.1) is 33.2 Å². The van der Waals surface area contributed by atoms with Gasteiger partial charge in [0.15, 0.2) is 0 Å². The quantitative estimate of drug-likeness (QED) is 0.156. The van der Waals surface area contributed by atoms with Gasteiger partial charge in [0.2, 0.25) is 0 Å². The zero-order valence-electron chi connectivity index (χ0n) is 34.8. The van der Waals surface area contributed by atoms with Crippen molar-refractivity contribution in [3.8, 4) is 27.9 Å². The summed E-state index contributed by atoms with van der Waals surface area (Å²) in [6.45, 7) is 0. The fourth-order valence-electron chi connectivity index (χ4n) is 9.31. The van der Waals surface area contributed by atoms with Crippen molar-refractivity contribution in [3.63, 3.8) is 0 Å². The summed E-state index contributed by atoms with van der Waals surface area (Å²) >= 11 is 1.92. The van der Waals surface area contributed by atoms with E-state index in [0.717, 1.165) is 11.4 Å². The average molecular weight is 737 g/mol. The Balaban J connectivity index is 1.24. The van der Waals surface area contributed by atoms with Gasteiger partial charge in [0, 0.05) is 38.2 Å². The molecule has 0 bridgehead atoms. The molecule has 262 valence electrons. The Bertz CT molecular complexity index is 3030. The van der Waals surface area contributed by atoms with Crippen molar-refractivity contribution in [2.45, 2.75) is 0 Å². The lowest BCUT2D eigenvalue weighted by Crippen LogP contribution is -2.56. The van der Waals surface area contributed by atoms with Crippen LogP contribution in [0, 0.1) is 0 Å². The van der Waals surface area contributed by atoms with Gasteiger partial charge in [0.05, 0.1) is 15.7 Å². The highest BCUT2D eigenvalue weighted by Gasteiger charge is 2.23. The number of nitrogens with zero attached hydrogens (tertiary/aromatic N) is 2. The molecule has 2 nitrogen and oxygen atoms in total. The van der Waals surface area contributed by atoms with E-state index in [2.05, 4.69) is 209 Å². The monoisotopic (exact) mass is 738 g/mol. The SMILES string of the molecule is Bc1c(B)c(B)c(-c2ccc(N(c3cccc(-c4cccc5c4sc4c6ccccc6n(-c6ccccc6)c54)c3)c3c(B)c(B)c(B)c(B)c3B)cc2)c(B)c1B. The van der Waals surface area contributed by atoms with Gasteiger partial charge < -0.3 is 9.47 Å². The van der Waals surface area contributed by atoms with Gasteiger partial charge >= 0.3 is 0 Å². The number of anilines is 3. The molecule has 0 amide bonds. The van der Waals surface area contributed by atoms with Crippen molar-refractivity contribution < 1.29 is 0 Å². The van der Waals surface area contributed by atoms with Crippen LogP contribution in [0.4, 0.5) is 17.1 Å². The first-order chi connectivity index (χ1) is 27.5. The molecule has 0 fully saturated rings. The van der Waals surface area contributed by atoms with E-state index in [9.17, 15) is 0 Å². The smallest absolute Gasteiger partial charge is 0.141 e. The third-order valence-corrected chi connectivity index (χ3v) is 14.6. The lowest BCUT2D eigenvalue weighted by atomic mass is 9.59. The van der Waals surface area contributed by atoms with Crippen molar-refractivity contribution in [3.05, 3.63) is 121 Å². The van der Waals surface area contributed by atoms with Crippen LogP contribution in [-0.4, -0.2) is 83.0 Å². The highest BCUT2D eigenvalue weighted by atomic mass is 32.1. The van der Waals surface area contributed by atoms with E-state index in [0.29, 0.717) is 0 Å². The number of fused-ring (bicyclic) bond motifs is 5. The topological polar surface area (TPSA) is 8.17 Å². The number of aromatic nitrogens is 1. The number of rotatable bonds is 6. The Labute approximate surface area is 349 Å². The number of hydrogen-bond donors (Lipinski definition) is 0. The van der Waals surface area contributed by atoms with Crippen LogP contribution in [0.25, 0.3) is 59.1 Å². The molecule has 13 heteroatoms. The predicted octanol–water partition coefficient (Wildman–Crippen LogP) is -4.61. The molecule has 2 heterocycles. The van der Waals surface area contributed by atoms with Crippen LogP contribution < -0.4 is 59.5 Å². The summed E-state index contributed by atoms with van der Waals surface area (Å²) in [5.74, 6) is 0. The minimum absolute atomic E-state index is 1.15. The second kappa shape index (κ2) is 14.3. The van der Waals surface area contributed by atoms with Crippen LogP contribution in [0.5, 0.6) is 0 Å². The molecule has 0 spiro atoms. The third-order valence-electron chi connectivity index (χ3n) is 13.3. The lowest BCUT2D eigenvalue weighted by Gasteiger charge is -2.32. The van der Waals surface area contributed by atoms with E-state index in [4.69, 9.17) is 0 Å². The highest BCUT2D eigenvalue weighted by molar-refractivity contribution is 7.27. The molecule has 0 aliphatic carbocycles. The van der Waals surface area contributed by atoms with Gasteiger partial charge in [0.1, 0.15) is 78.5 Å². The van der Waals surface area contributed by atoms with Crippen molar-refractivity contribution >= 4 is 193 Å². The maximum Gasteiger partial charge on any atom is 0.141 e. The summed E-state index contributed by atoms with van der Waals surface area (Å²) in [6.07, 6.45) is 0. The second-order valence-electron chi connectivity index (χ2n) is 16.1. The van der Waals surface area contributed by atoms with Crippen LogP contribution in [0.2, 0.25) is 0 Å².